The Morgan fingerprint density at radius 3 is 0.760 bits per heavy atom. The van der Waals surface area contributed by atoms with E-state index in [4.69, 9.17) is 40.6 Å². The van der Waals surface area contributed by atoms with Crippen molar-refractivity contribution in [2.75, 3.05) is 26.2 Å². The molecule has 0 aromatic carbocycles. The maximum absolute atomic E-state index is 6.27. The van der Waals surface area contributed by atoms with Crippen molar-refractivity contribution >= 4 is 9.05 Å². The topological polar surface area (TPSA) is 141 Å². The molecule has 0 rings (SSSR count). The summed E-state index contributed by atoms with van der Waals surface area (Å²) in [5.74, 6) is 0. The monoisotopic (exact) mass is 380 g/mol. The lowest BCUT2D eigenvalue weighted by Gasteiger charge is -2.45. The summed E-state index contributed by atoms with van der Waals surface area (Å²) in [5.41, 5.74) is 20.5. The second-order valence-electron chi connectivity index (χ2n) is 8.76. The Morgan fingerprint density at radius 1 is 0.480 bits per heavy atom. The van der Waals surface area contributed by atoms with Gasteiger partial charge in [-0.05, 0) is 55.4 Å². The van der Waals surface area contributed by atoms with E-state index in [-0.39, 0.29) is 26.2 Å². The molecule has 0 bridgehead atoms. The molecule has 0 saturated heterocycles. The van der Waals surface area contributed by atoms with Crippen molar-refractivity contribution in [1.29, 1.82) is 0 Å². The predicted molar refractivity (Wildman–Crippen MR) is 103 cm³/mol. The molecule has 9 heteroatoms. The Hall–Kier alpha value is -0.103. The van der Waals surface area contributed by atoms with Gasteiger partial charge in [0.2, 0.25) is 0 Å². The van der Waals surface area contributed by atoms with Crippen LogP contribution in [0.15, 0.2) is 0 Å². The molecule has 0 fully saturated rings. The third-order valence-corrected chi connectivity index (χ3v) is 6.78. The van der Waals surface area contributed by atoms with Gasteiger partial charge in [-0.2, -0.15) is 0 Å². The molecule has 0 saturated carbocycles. The molecule has 8 nitrogen and oxygen atoms in total. The summed E-state index contributed by atoms with van der Waals surface area (Å²) in [7, 11) is -3.74. The summed E-state index contributed by atoms with van der Waals surface area (Å²) < 4.78 is 25.1. The molecule has 0 unspecified atom stereocenters. The van der Waals surface area contributed by atoms with Crippen molar-refractivity contribution in [2.45, 2.75) is 77.8 Å². The maximum atomic E-state index is 6.27. The molecule has 0 aromatic heterocycles. The van der Waals surface area contributed by atoms with Gasteiger partial charge in [0, 0.05) is 26.2 Å². The Labute approximate surface area is 154 Å². The van der Waals surface area contributed by atoms with Gasteiger partial charge in [-0.25, -0.2) is 0 Å². The highest BCUT2D eigenvalue weighted by molar-refractivity contribution is 6.54. The van der Waals surface area contributed by atoms with E-state index in [0.717, 1.165) is 0 Å². The van der Waals surface area contributed by atoms with Gasteiger partial charge < -0.3 is 40.6 Å². The quantitative estimate of drug-likeness (QED) is 0.357. The van der Waals surface area contributed by atoms with Gasteiger partial charge in [-0.3, -0.25) is 0 Å². The average Bonchev–Trinajstić information content (AvgIpc) is 2.45. The summed E-state index contributed by atoms with van der Waals surface area (Å²) in [5, 5.41) is 0. The molecule has 0 aliphatic rings. The molecule has 0 spiro atoms. The van der Waals surface area contributed by atoms with Crippen LogP contribution in [0.25, 0.3) is 0 Å². The third-order valence-electron chi connectivity index (χ3n) is 3.57. The number of rotatable bonds is 12. The molecule has 25 heavy (non-hydrogen) atoms. The van der Waals surface area contributed by atoms with Crippen LogP contribution >= 0.6 is 0 Å². The summed E-state index contributed by atoms with van der Waals surface area (Å²) in [4.78, 5) is 0. The standard InChI is InChI=1S/C16H40N4O4Si/c1-13(2,9-17)21-25(22-14(3,4)10-18,23-15(5,6)11-19)24-16(7,8)12-20/h9-12,17-20H2,1-8H3. The minimum atomic E-state index is -3.74. The zero-order chi connectivity index (χ0) is 20.2. The van der Waals surface area contributed by atoms with Gasteiger partial charge in [-0.15, -0.1) is 0 Å². The van der Waals surface area contributed by atoms with Crippen LogP contribution in [0.4, 0.5) is 0 Å². The highest BCUT2D eigenvalue weighted by atomic mass is 28.4. The molecule has 0 aliphatic carbocycles. The number of hydrogen-bond donors (Lipinski definition) is 4. The minimum absolute atomic E-state index is 0.257. The summed E-state index contributed by atoms with van der Waals surface area (Å²) in [6.07, 6.45) is 0. The van der Waals surface area contributed by atoms with E-state index < -0.39 is 31.5 Å². The average molecular weight is 381 g/mol. The van der Waals surface area contributed by atoms with Crippen molar-refractivity contribution in [1.82, 2.24) is 0 Å². The fraction of sp³-hybridized carbons (Fsp3) is 1.00. The lowest BCUT2D eigenvalue weighted by Crippen LogP contribution is -2.66. The van der Waals surface area contributed by atoms with Crippen LogP contribution in [-0.2, 0) is 17.7 Å². The molecule has 0 aliphatic heterocycles. The summed E-state index contributed by atoms with van der Waals surface area (Å²) >= 11 is 0. The van der Waals surface area contributed by atoms with Gasteiger partial charge in [0.25, 0.3) is 0 Å². The van der Waals surface area contributed by atoms with Gasteiger partial charge in [-0.1, -0.05) is 0 Å². The second kappa shape index (κ2) is 8.72. The van der Waals surface area contributed by atoms with Crippen molar-refractivity contribution in [3.63, 3.8) is 0 Å². The molecule has 0 aromatic rings. The Balaban J connectivity index is 6.09. The first-order valence-corrected chi connectivity index (χ1v) is 10.3. The van der Waals surface area contributed by atoms with Crippen LogP contribution in [0.2, 0.25) is 0 Å². The van der Waals surface area contributed by atoms with Gasteiger partial charge in [0.1, 0.15) is 0 Å². The Bertz CT molecular complexity index is 339. The molecular formula is C16H40N4O4Si. The lowest BCUT2D eigenvalue weighted by molar-refractivity contribution is -0.161. The fourth-order valence-corrected chi connectivity index (χ4v) is 4.94. The van der Waals surface area contributed by atoms with Gasteiger partial charge in [0.15, 0.2) is 0 Å². The summed E-state index contributed by atoms with van der Waals surface area (Å²) in [6, 6.07) is 0. The smallest absolute Gasteiger partial charge is 0.345 e. The Kier molecular flexibility index (Phi) is 8.69. The fourth-order valence-electron chi connectivity index (χ4n) is 1.65. The van der Waals surface area contributed by atoms with E-state index in [9.17, 15) is 0 Å². The van der Waals surface area contributed by atoms with E-state index in [1.54, 1.807) is 0 Å². The van der Waals surface area contributed by atoms with Crippen molar-refractivity contribution in [3.8, 4) is 0 Å². The van der Waals surface area contributed by atoms with E-state index >= 15 is 0 Å². The number of nitrogens with two attached hydrogens (primary N) is 4. The third kappa shape index (κ3) is 8.89. The summed E-state index contributed by atoms with van der Waals surface area (Å²) in [6.45, 7) is 15.8. The molecule has 0 radical (unpaired) electrons. The largest absolute Gasteiger partial charge is 0.681 e. The van der Waals surface area contributed by atoms with Crippen LogP contribution in [-0.4, -0.2) is 57.6 Å². The maximum Gasteiger partial charge on any atom is 0.681 e. The van der Waals surface area contributed by atoms with Gasteiger partial charge in [0.05, 0.1) is 22.4 Å². The molecule has 8 N–H and O–H groups in total. The molecule has 152 valence electrons. The van der Waals surface area contributed by atoms with Crippen molar-refractivity contribution in [2.24, 2.45) is 22.9 Å². The normalized spacial score (nSPS) is 14.9. The number of hydrogen-bond acceptors (Lipinski definition) is 8. The van der Waals surface area contributed by atoms with Gasteiger partial charge >= 0.3 is 9.05 Å². The first-order valence-electron chi connectivity index (χ1n) is 8.68. The van der Waals surface area contributed by atoms with E-state index in [1.165, 1.54) is 0 Å². The van der Waals surface area contributed by atoms with Crippen LogP contribution in [0.1, 0.15) is 55.4 Å². The van der Waals surface area contributed by atoms with E-state index in [1.807, 2.05) is 55.4 Å². The SMILES string of the molecule is CC(C)(CN)O[Si](OC(C)(C)CN)(OC(C)(C)CN)OC(C)(C)CN. The molecule has 0 amide bonds. The van der Waals surface area contributed by atoms with Crippen LogP contribution in [0.3, 0.4) is 0 Å². The predicted octanol–water partition coefficient (Wildman–Crippen LogP) is 0.438. The minimum Gasteiger partial charge on any atom is -0.345 e. The van der Waals surface area contributed by atoms with Crippen LogP contribution < -0.4 is 22.9 Å². The highest BCUT2D eigenvalue weighted by Crippen LogP contribution is 2.32. The van der Waals surface area contributed by atoms with Crippen LogP contribution in [0.5, 0.6) is 0 Å². The van der Waals surface area contributed by atoms with E-state index in [0.29, 0.717) is 0 Å². The zero-order valence-corrected chi connectivity index (χ0v) is 18.3. The van der Waals surface area contributed by atoms with Crippen molar-refractivity contribution in [3.05, 3.63) is 0 Å². The van der Waals surface area contributed by atoms with Crippen molar-refractivity contribution < 1.29 is 17.7 Å². The molecule has 0 atom stereocenters. The second-order valence-corrected chi connectivity index (χ2v) is 10.6. The first kappa shape index (κ1) is 24.9. The molecular weight excluding hydrogens is 340 g/mol. The van der Waals surface area contributed by atoms with Crippen LogP contribution in [0, 0.1) is 0 Å². The Morgan fingerprint density at radius 2 is 0.640 bits per heavy atom. The highest BCUT2D eigenvalue weighted by Gasteiger charge is 2.58. The lowest BCUT2D eigenvalue weighted by atomic mass is 10.1. The first-order chi connectivity index (χ1) is 11.1. The zero-order valence-electron chi connectivity index (χ0n) is 17.3. The van der Waals surface area contributed by atoms with E-state index in [2.05, 4.69) is 0 Å². The molecule has 0 heterocycles.